The monoisotopic (exact) mass is 500 g/mol. The summed E-state index contributed by atoms with van der Waals surface area (Å²) in [6.07, 6.45) is -1.91. The fourth-order valence-electron chi connectivity index (χ4n) is 4.65. The SMILES string of the molecule is O=C(Nc1ccc(N2CCNCC2)nc1)c1oc(N2CCC(c3ccccc3)CC2)nc1C(F)(F)F. The van der Waals surface area contributed by atoms with Crippen LogP contribution in [0, 0.1) is 0 Å². The van der Waals surface area contributed by atoms with Crippen molar-refractivity contribution in [2.24, 2.45) is 0 Å². The summed E-state index contributed by atoms with van der Waals surface area (Å²) < 4.78 is 46.6. The van der Waals surface area contributed by atoms with Crippen LogP contribution < -0.4 is 20.4 Å². The number of benzene rings is 1. The van der Waals surface area contributed by atoms with Crippen LogP contribution in [0.25, 0.3) is 0 Å². The summed E-state index contributed by atoms with van der Waals surface area (Å²) in [5, 5.41) is 5.72. The molecule has 1 amide bonds. The smallest absolute Gasteiger partial charge is 0.417 e. The molecular formula is C25H27F3N6O2. The van der Waals surface area contributed by atoms with E-state index in [0.29, 0.717) is 19.0 Å². The second-order valence-corrected chi connectivity index (χ2v) is 8.94. The zero-order valence-electron chi connectivity index (χ0n) is 19.6. The maximum absolute atomic E-state index is 13.7. The quantitative estimate of drug-likeness (QED) is 0.545. The molecule has 2 aromatic heterocycles. The molecule has 2 saturated heterocycles. The molecule has 0 atom stereocenters. The van der Waals surface area contributed by atoms with Crippen molar-refractivity contribution in [2.45, 2.75) is 24.9 Å². The Morgan fingerprint density at radius 3 is 2.36 bits per heavy atom. The minimum absolute atomic E-state index is 0.189. The average Bonchev–Trinajstić information content (AvgIpc) is 3.37. The Hall–Kier alpha value is -3.60. The first-order valence-electron chi connectivity index (χ1n) is 12.0. The summed E-state index contributed by atoms with van der Waals surface area (Å²) in [6.45, 7) is 4.26. The fourth-order valence-corrected chi connectivity index (χ4v) is 4.65. The zero-order valence-corrected chi connectivity index (χ0v) is 19.6. The number of halogens is 3. The van der Waals surface area contributed by atoms with Crippen LogP contribution in [0.15, 0.2) is 53.1 Å². The Morgan fingerprint density at radius 2 is 1.72 bits per heavy atom. The van der Waals surface area contributed by atoms with Crippen LogP contribution in [-0.4, -0.2) is 55.1 Å². The highest BCUT2D eigenvalue weighted by Gasteiger charge is 2.42. The molecule has 3 aromatic rings. The summed E-state index contributed by atoms with van der Waals surface area (Å²) in [7, 11) is 0. The lowest BCUT2D eigenvalue weighted by Gasteiger charge is -2.31. The van der Waals surface area contributed by atoms with E-state index in [2.05, 4.69) is 37.6 Å². The summed E-state index contributed by atoms with van der Waals surface area (Å²) in [4.78, 5) is 24.6. The van der Waals surface area contributed by atoms with E-state index in [4.69, 9.17) is 4.42 Å². The number of nitrogens with zero attached hydrogens (tertiary/aromatic N) is 4. The number of hydrogen-bond donors (Lipinski definition) is 2. The second-order valence-electron chi connectivity index (χ2n) is 8.94. The van der Waals surface area contributed by atoms with Crippen LogP contribution in [-0.2, 0) is 6.18 Å². The lowest BCUT2D eigenvalue weighted by molar-refractivity contribution is -0.141. The second kappa shape index (κ2) is 10.2. The third-order valence-electron chi connectivity index (χ3n) is 6.57. The van der Waals surface area contributed by atoms with E-state index >= 15 is 0 Å². The van der Waals surface area contributed by atoms with E-state index in [0.717, 1.165) is 44.8 Å². The maximum atomic E-state index is 13.7. The predicted molar refractivity (Wildman–Crippen MR) is 129 cm³/mol. The van der Waals surface area contributed by atoms with Crippen molar-refractivity contribution in [3.05, 3.63) is 65.7 Å². The Kier molecular flexibility index (Phi) is 6.82. The molecule has 4 heterocycles. The van der Waals surface area contributed by atoms with Gasteiger partial charge in [0, 0.05) is 39.3 Å². The van der Waals surface area contributed by atoms with Gasteiger partial charge in [-0.1, -0.05) is 30.3 Å². The first kappa shape index (κ1) is 24.1. The van der Waals surface area contributed by atoms with E-state index < -0.39 is 23.5 Å². The van der Waals surface area contributed by atoms with E-state index in [9.17, 15) is 18.0 Å². The van der Waals surface area contributed by atoms with Gasteiger partial charge in [0.25, 0.3) is 11.9 Å². The summed E-state index contributed by atoms with van der Waals surface area (Å²) in [5.74, 6) is -0.809. The van der Waals surface area contributed by atoms with E-state index in [1.807, 2.05) is 18.2 Å². The van der Waals surface area contributed by atoms with Gasteiger partial charge in [0.2, 0.25) is 5.76 Å². The number of alkyl halides is 3. The van der Waals surface area contributed by atoms with Crippen LogP contribution in [0.4, 0.5) is 30.7 Å². The minimum Gasteiger partial charge on any atom is -0.417 e. The van der Waals surface area contributed by atoms with Gasteiger partial charge in [0.15, 0.2) is 5.69 Å². The molecule has 8 nitrogen and oxygen atoms in total. The molecule has 0 aliphatic carbocycles. The van der Waals surface area contributed by atoms with Crippen molar-refractivity contribution >= 4 is 23.4 Å². The van der Waals surface area contributed by atoms with Crippen LogP contribution in [0.2, 0.25) is 0 Å². The zero-order chi connectivity index (χ0) is 25.1. The van der Waals surface area contributed by atoms with Gasteiger partial charge in [-0.2, -0.15) is 18.2 Å². The molecule has 11 heteroatoms. The molecule has 36 heavy (non-hydrogen) atoms. The molecule has 2 N–H and O–H groups in total. The molecular weight excluding hydrogens is 473 g/mol. The molecule has 0 bridgehead atoms. The lowest BCUT2D eigenvalue weighted by Crippen LogP contribution is -2.43. The number of oxazole rings is 1. The van der Waals surface area contributed by atoms with Crippen molar-refractivity contribution < 1.29 is 22.4 Å². The first-order valence-corrected chi connectivity index (χ1v) is 12.0. The summed E-state index contributed by atoms with van der Waals surface area (Å²) >= 11 is 0. The van der Waals surface area contributed by atoms with Crippen molar-refractivity contribution in [1.29, 1.82) is 0 Å². The van der Waals surface area contributed by atoms with Gasteiger partial charge in [-0.15, -0.1) is 0 Å². The number of piperazine rings is 1. The van der Waals surface area contributed by atoms with E-state index in [-0.39, 0.29) is 11.7 Å². The van der Waals surface area contributed by atoms with E-state index in [1.165, 1.54) is 11.8 Å². The third-order valence-corrected chi connectivity index (χ3v) is 6.57. The number of aromatic nitrogens is 2. The Morgan fingerprint density at radius 1 is 1.00 bits per heavy atom. The number of pyridine rings is 1. The van der Waals surface area contributed by atoms with Crippen molar-refractivity contribution in [2.75, 3.05) is 54.4 Å². The van der Waals surface area contributed by atoms with Gasteiger partial charge >= 0.3 is 6.18 Å². The highest BCUT2D eigenvalue weighted by atomic mass is 19.4. The van der Waals surface area contributed by atoms with Crippen LogP contribution >= 0.6 is 0 Å². The highest BCUT2D eigenvalue weighted by Crippen LogP contribution is 2.36. The molecule has 2 aliphatic heterocycles. The molecule has 0 radical (unpaired) electrons. The fraction of sp³-hybridized carbons (Fsp3) is 0.400. The highest BCUT2D eigenvalue weighted by molar-refractivity contribution is 6.03. The number of hydrogen-bond acceptors (Lipinski definition) is 7. The third kappa shape index (κ3) is 5.30. The first-order chi connectivity index (χ1) is 17.4. The molecule has 0 saturated carbocycles. The molecule has 0 unspecified atom stereocenters. The van der Waals surface area contributed by atoms with Crippen molar-refractivity contribution in [3.63, 3.8) is 0 Å². The molecule has 0 spiro atoms. The van der Waals surface area contributed by atoms with Gasteiger partial charge in [-0.05, 0) is 36.5 Å². The predicted octanol–water partition coefficient (Wildman–Crippen LogP) is 4.13. The van der Waals surface area contributed by atoms with Crippen LogP contribution in [0.5, 0.6) is 0 Å². The Labute approximate surface area is 206 Å². The number of carbonyl (C=O) groups is 1. The lowest BCUT2D eigenvalue weighted by atomic mass is 9.90. The van der Waals surface area contributed by atoms with Crippen LogP contribution in [0.1, 0.15) is 40.6 Å². The Balaban J connectivity index is 1.29. The number of amides is 1. The largest absolute Gasteiger partial charge is 0.437 e. The number of nitrogens with one attached hydrogen (secondary N) is 2. The summed E-state index contributed by atoms with van der Waals surface area (Å²) in [6, 6.07) is 13.2. The van der Waals surface area contributed by atoms with Crippen LogP contribution in [0.3, 0.4) is 0 Å². The molecule has 2 aliphatic rings. The topological polar surface area (TPSA) is 86.5 Å². The van der Waals surface area contributed by atoms with Gasteiger partial charge < -0.3 is 24.9 Å². The number of rotatable bonds is 5. The van der Waals surface area contributed by atoms with Crippen molar-refractivity contribution in [3.8, 4) is 0 Å². The van der Waals surface area contributed by atoms with Gasteiger partial charge in [-0.25, -0.2) is 4.98 Å². The molecule has 5 rings (SSSR count). The van der Waals surface area contributed by atoms with Gasteiger partial charge in [0.05, 0.1) is 11.9 Å². The summed E-state index contributed by atoms with van der Waals surface area (Å²) in [5.41, 5.74) is 0.149. The maximum Gasteiger partial charge on any atom is 0.437 e. The van der Waals surface area contributed by atoms with Gasteiger partial charge in [0.1, 0.15) is 5.82 Å². The standard InChI is InChI=1S/C25H27F3N6O2/c26-25(27,28)22-21(23(35)31-19-6-7-20(30-16-19)33-14-10-29-11-15-33)36-24(32-22)34-12-8-18(9-13-34)17-4-2-1-3-5-17/h1-7,16,18,29H,8-15H2,(H,31,35). The molecule has 2 fully saturated rings. The Bertz CT molecular complexity index is 1170. The van der Waals surface area contributed by atoms with Gasteiger partial charge in [-0.3, -0.25) is 4.79 Å². The van der Waals surface area contributed by atoms with Crippen molar-refractivity contribution in [1.82, 2.24) is 15.3 Å². The number of piperidine rings is 1. The minimum atomic E-state index is -4.83. The normalized spacial score (nSPS) is 17.3. The molecule has 1 aromatic carbocycles. The number of anilines is 3. The number of carbonyl (C=O) groups excluding carboxylic acids is 1. The van der Waals surface area contributed by atoms with E-state index in [1.54, 1.807) is 17.0 Å². The average molecular weight is 501 g/mol. The molecule has 190 valence electrons.